The first-order valence-corrected chi connectivity index (χ1v) is 9.06. The number of nitrogens with two attached hydrogens (primary N) is 2. The molecule has 7 heteroatoms. The number of nitrogen functional groups attached to an aromatic ring is 1. The lowest BCUT2D eigenvalue weighted by molar-refractivity contribution is 0.218. The number of halogens is 1. The molecule has 0 bridgehead atoms. The van der Waals surface area contributed by atoms with Crippen molar-refractivity contribution in [2.75, 3.05) is 25.4 Å². The Morgan fingerprint density at radius 1 is 1.31 bits per heavy atom. The summed E-state index contributed by atoms with van der Waals surface area (Å²) < 4.78 is 15.9. The van der Waals surface area contributed by atoms with Crippen LogP contribution in [0.2, 0.25) is 0 Å². The predicted molar refractivity (Wildman–Crippen MR) is 98.5 cm³/mol. The fourth-order valence-corrected chi connectivity index (χ4v) is 4.30. The molecule has 138 valence electrons. The summed E-state index contributed by atoms with van der Waals surface area (Å²) in [6, 6.07) is 6.68. The first-order chi connectivity index (χ1) is 12.5. The highest BCUT2D eigenvalue weighted by atomic mass is 19.1. The van der Waals surface area contributed by atoms with Gasteiger partial charge in [0.2, 0.25) is 0 Å². The predicted octanol–water partition coefficient (Wildman–Crippen LogP) is 1.02. The van der Waals surface area contributed by atoms with Gasteiger partial charge in [0.1, 0.15) is 11.6 Å². The molecule has 0 radical (unpaired) electrons. The summed E-state index contributed by atoms with van der Waals surface area (Å²) >= 11 is 0. The van der Waals surface area contributed by atoms with Gasteiger partial charge in [-0.05, 0) is 61.4 Å². The zero-order valence-corrected chi connectivity index (χ0v) is 14.8. The molecule has 2 heterocycles. The van der Waals surface area contributed by atoms with Crippen LogP contribution in [0.4, 0.5) is 10.2 Å². The maximum Gasteiger partial charge on any atom is 0.354 e. The van der Waals surface area contributed by atoms with Crippen molar-refractivity contribution in [1.82, 2.24) is 14.5 Å². The number of benzene rings is 1. The smallest absolute Gasteiger partial charge is 0.354 e. The van der Waals surface area contributed by atoms with E-state index in [0.29, 0.717) is 23.6 Å². The molecule has 1 saturated heterocycles. The number of piperidine rings is 1. The monoisotopic (exact) mass is 357 g/mol. The van der Waals surface area contributed by atoms with Gasteiger partial charge in [-0.3, -0.25) is 9.47 Å². The summed E-state index contributed by atoms with van der Waals surface area (Å²) in [7, 11) is 0. The summed E-state index contributed by atoms with van der Waals surface area (Å²) in [5.41, 5.74) is 11.9. The quantitative estimate of drug-likeness (QED) is 0.834. The van der Waals surface area contributed by atoms with E-state index in [9.17, 15) is 9.18 Å². The van der Waals surface area contributed by atoms with Gasteiger partial charge < -0.3 is 11.5 Å². The van der Waals surface area contributed by atoms with Gasteiger partial charge in [-0.1, -0.05) is 6.07 Å². The molecule has 1 saturated carbocycles. The number of hydrogen-bond acceptors (Lipinski definition) is 5. The van der Waals surface area contributed by atoms with Crippen molar-refractivity contribution < 1.29 is 4.39 Å². The molecule has 2 aromatic rings. The van der Waals surface area contributed by atoms with Gasteiger partial charge >= 0.3 is 5.69 Å². The van der Waals surface area contributed by atoms with E-state index in [1.165, 1.54) is 22.9 Å². The highest BCUT2D eigenvalue weighted by molar-refractivity contribution is 5.37. The molecule has 0 spiro atoms. The molecule has 1 aromatic heterocycles. The number of aromatic nitrogens is 2. The molecule has 26 heavy (non-hydrogen) atoms. The van der Waals surface area contributed by atoms with Gasteiger partial charge in [0.25, 0.3) is 0 Å². The number of nitrogens with zero attached hydrogens (tertiary/aromatic N) is 3. The van der Waals surface area contributed by atoms with E-state index < -0.39 is 5.69 Å². The largest absolute Gasteiger partial charge is 0.383 e. The van der Waals surface area contributed by atoms with Crippen LogP contribution in [0.25, 0.3) is 5.69 Å². The summed E-state index contributed by atoms with van der Waals surface area (Å²) in [5.74, 6) is 2.01. The molecule has 2 aliphatic rings. The van der Waals surface area contributed by atoms with Crippen molar-refractivity contribution in [2.24, 2.45) is 23.5 Å². The summed E-state index contributed by atoms with van der Waals surface area (Å²) in [5, 5.41) is 0. The molecular formula is C19H24FN5O. The SMILES string of the molecule is CC(Cc1ccc(-n2ccc(N)nc2=O)cc1F)N1C[C@@H]2C(CN)[C@@H]2C1. The van der Waals surface area contributed by atoms with Crippen molar-refractivity contribution in [2.45, 2.75) is 19.4 Å². The van der Waals surface area contributed by atoms with Crippen LogP contribution in [0.15, 0.2) is 35.3 Å². The van der Waals surface area contributed by atoms with E-state index in [-0.39, 0.29) is 17.7 Å². The molecule has 0 amide bonds. The lowest BCUT2D eigenvalue weighted by atomic mass is 10.0. The first kappa shape index (κ1) is 17.2. The Balaban J connectivity index is 1.46. The van der Waals surface area contributed by atoms with Crippen LogP contribution in [0, 0.1) is 23.6 Å². The van der Waals surface area contributed by atoms with Crippen molar-refractivity contribution in [1.29, 1.82) is 0 Å². The van der Waals surface area contributed by atoms with Crippen LogP contribution < -0.4 is 17.2 Å². The van der Waals surface area contributed by atoms with Crippen LogP contribution in [0.5, 0.6) is 0 Å². The number of likely N-dealkylation sites (tertiary alicyclic amines) is 1. The number of hydrogen-bond donors (Lipinski definition) is 2. The van der Waals surface area contributed by atoms with Gasteiger partial charge in [-0.2, -0.15) is 4.98 Å². The normalized spacial score (nSPS) is 25.9. The molecule has 1 aromatic carbocycles. The Kier molecular flexibility index (Phi) is 4.28. The Morgan fingerprint density at radius 3 is 2.65 bits per heavy atom. The maximum absolute atomic E-state index is 14.6. The highest BCUT2D eigenvalue weighted by Gasteiger charge is 2.55. The molecule has 2 fully saturated rings. The number of rotatable bonds is 5. The topological polar surface area (TPSA) is 90.2 Å². The van der Waals surface area contributed by atoms with Crippen molar-refractivity contribution in [3.63, 3.8) is 0 Å². The Morgan fingerprint density at radius 2 is 2.04 bits per heavy atom. The number of anilines is 1. The van der Waals surface area contributed by atoms with Crippen molar-refractivity contribution in [3.8, 4) is 5.69 Å². The van der Waals surface area contributed by atoms with Crippen molar-refractivity contribution >= 4 is 5.82 Å². The molecule has 4 N–H and O–H groups in total. The van der Waals surface area contributed by atoms with Gasteiger partial charge in [-0.15, -0.1) is 0 Å². The van der Waals surface area contributed by atoms with Crippen LogP contribution in [0.1, 0.15) is 12.5 Å². The molecular weight excluding hydrogens is 333 g/mol. The van der Waals surface area contributed by atoms with Gasteiger partial charge in [-0.25, -0.2) is 9.18 Å². The highest BCUT2D eigenvalue weighted by Crippen LogP contribution is 2.51. The average Bonchev–Trinajstić information content (AvgIpc) is 3.07. The second-order valence-corrected chi connectivity index (χ2v) is 7.52. The summed E-state index contributed by atoms with van der Waals surface area (Å²) in [4.78, 5) is 18.0. The molecule has 4 rings (SSSR count). The van der Waals surface area contributed by atoms with E-state index in [1.54, 1.807) is 12.1 Å². The first-order valence-electron chi connectivity index (χ1n) is 9.06. The minimum absolute atomic E-state index is 0.151. The zero-order valence-electron chi connectivity index (χ0n) is 14.8. The fourth-order valence-electron chi connectivity index (χ4n) is 4.30. The molecule has 1 aliphatic carbocycles. The van der Waals surface area contributed by atoms with Crippen LogP contribution in [-0.2, 0) is 6.42 Å². The minimum Gasteiger partial charge on any atom is -0.383 e. The maximum atomic E-state index is 14.6. The second-order valence-electron chi connectivity index (χ2n) is 7.52. The van der Waals surface area contributed by atoms with Crippen molar-refractivity contribution in [3.05, 3.63) is 52.3 Å². The number of fused-ring (bicyclic) bond motifs is 1. The molecule has 2 unspecified atom stereocenters. The molecule has 1 aliphatic heterocycles. The molecule has 6 nitrogen and oxygen atoms in total. The third-order valence-electron chi connectivity index (χ3n) is 5.95. The van der Waals surface area contributed by atoms with Crippen LogP contribution in [0.3, 0.4) is 0 Å². The van der Waals surface area contributed by atoms with Gasteiger partial charge in [0.05, 0.1) is 5.69 Å². The Hall–Kier alpha value is -2.25. The third kappa shape index (κ3) is 3.01. The fraction of sp³-hybridized carbons (Fsp3) is 0.474. The van der Waals surface area contributed by atoms with E-state index in [2.05, 4.69) is 16.8 Å². The van der Waals surface area contributed by atoms with E-state index in [4.69, 9.17) is 11.5 Å². The van der Waals surface area contributed by atoms with Gasteiger partial charge in [0, 0.05) is 25.3 Å². The standard InChI is InChI=1S/C19H24FN5O/c1-11(24-9-15-14(8-21)16(15)10-24)6-12-2-3-13(7-17(12)20)25-5-4-18(22)23-19(25)26/h2-5,7,11,14-16H,6,8-10,21H2,1H3,(H2,22,23,26)/t11?,14?,15-,16+. The van der Waals surface area contributed by atoms with Crippen LogP contribution >= 0.6 is 0 Å². The summed E-state index contributed by atoms with van der Waals surface area (Å²) in [6.07, 6.45) is 2.15. The third-order valence-corrected chi connectivity index (χ3v) is 5.95. The molecule has 4 atom stereocenters. The average molecular weight is 357 g/mol. The van der Waals surface area contributed by atoms with E-state index >= 15 is 0 Å². The lowest BCUT2D eigenvalue weighted by Crippen LogP contribution is -2.35. The minimum atomic E-state index is -0.517. The summed E-state index contributed by atoms with van der Waals surface area (Å²) in [6.45, 7) is 5.07. The zero-order chi connectivity index (χ0) is 18.4. The van der Waals surface area contributed by atoms with E-state index in [0.717, 1.165) is 31.5 Å². The Bertz CT molecular complexity index is 870. The van der Waals surface area contributed by atoms with Gasteiger partial charge in [0.15, 0.2) is 0 Å². The van der Waals surface area contributed by atoms with Crippen LogP contribution in [-0.4, -0.2) is 40.1 Å². The lowest BCUT2D eigenvalue weighted by Gasteiger charge is -2.27. The Labute approximate surface area is 151 Å². The second kappa shape index (κ2) is 6.48. The van der Waals surface area contributed by atoms with E-state index in [1.807, 2.05) is 0 Å².